The lowest BCUT2D eigenvalue weighted by molar-refractivity contribution is -0.141. The lowest BCUT2D eigenvalue weighted by Crippen LogP contribution is -2.31. The molecule has 0 bridgehead atoms. The summed E-state index contributed by atoms with van der Waals surface area (Å²) >= 11 is 0. The summed E-state index contributed by atoms with van der Waals surface area (Å²) in [6.07, 6.45) is 0. The summed E-state index contributed by atoms with van der Waals surface area (Å²) in [4.78, 5) is 36.5. The molecule has 0 aliphatic heterocycles. The molecular formula is C22H28N2O5. The Balaban J connectivity index is 1.89. The number of aryl methyl sites for hydroxylation is 2. The first-order valence-corrected chi connectivity index (χ1v) is 9.45. The average molecular weight is 400 g/mol. The Hall–Kier alpha value is -2.93. The maximum Gasteiger partial charge on any atom is 0.325 e. The molecule has 1 amide bonds. The summed E-state index contributed by atoms with van der Waals surface area (Å²) < 4.78 is 12.3. The van der Waals surface area contributed by atoms with E-state index in [2.05, 4.69) is 5.32 Å². The van der Waals surface area contributed by atoms with E-state index in [4.69, 9.17) is 9.47 Å². The molecule has 0 fully saturated rings. The lowest BCUT2D eigenvalue weighted by Gasteiger charge is -2.17. The molecule has 29 heavy (non-hydrogen) atoms. The Morgan fingerprint density at radius 2 is 1.86 bits per heavy atom. The average Bonchev–Trinajstić information content (AvgIpc) is 2.98. The summed E-state index contributed by atoms with van der Waals surface area (Å²) in [6.45, 7) is 7.52. The van der Waals surface area contributed by atoms with Crippen LogP contribution in [-0.2, 0) is 14.3 Å². The highest BCUT2D eigenvalue weighted by Gasteiger charge is 2.20. The number of Topliss-reactive ketones (excluding diaryl/α,β-unsaturated/α-hetero) is 1. The van der Waals surface area contributed by atoms with Crippen LogP contribution in [0.1, 0.15) is 50.6 Å². The number of amides is 1. The van der Waals surface area contributed by atoms with Gasteiger partial charge in [-0.2, -0.15) is 0 Å². The third-order valence-corrected chi connectivity index (χ3v) is 4.67. The second-order valence-corrected chi connectivity index (χ2v) is 7.10. The van der Waals surface area contributed by atoms with Gasteiger partial charge in [-0.25, -0.2) is 0 Å². The van der Waals surface area contributed by atoms with Crippen LogP contribution in [0.25, 0.3) is 0 Å². The zero-order valence-electron chi connectivity index (χ0n) is 17.6. The molecule has 1 N–H and O–H groups in total. The molecule has 0 aliphatic rings. The second kappa shape index (κ2) is 10.0. The fourth-order valence-electron chi connectivity index (χ4n) is 3.37. The predicted molar refractivity (Wildman–Crippen MR) is 109 cm³/mol. The molecule has 7 nitrogen and oxygen atoms in total. The van der Waals surface area contributed by atoms with E-state index < -0.39 is 5.97 Å². The number of carbonyl (C=O) groups excluding carboxylic acids is 3. The van der Waals surface area contributed by atoms with Gasteiger partial charge in [-0.05, 0) is 45.9 Å². The molecule has 0 radical (unpaired) electrons. The van der Waals surface area contributed by atoms with Gasteiger partial charge in [-0.3, -0.25) is 14.4 Å². The molecule has 0 saturated heterocycles. The molecule has 1 aromatic carbocycles. The summed E-state index contributed by atoms with van der Waals surface area (Å²) in [5.74, 6) is -1.32. The minimum atomic E-state index is -0.666. The maximum absolute atomic E-state index is 12.5. The molecule has 156 valence electrons. The van der Waals surface area contributed by atoms with E-state index >= 15 is 0 Å². The highest BCUT2D eigenvalue weighted by atomic mass is 16.5. The van der Waals surface area contributed by atoms with Gasteiger partial charge >= 0.3 is 5.97 Å². The first kappa shape index (κ1) is 22.4. The van der Waals surface area contributed by atoms with Crippen LogP contribution >= 0.6 is 0 Å². The van der Waals surface area contributed by atoms with Gasteiger partial charge in [-0.1, -0.05) is 17.7 Å². The number of methoxy groups -OCH3 is 1. The first-order valence-electron chi connectivity index (χ1n) is 9.45. The van der Waals surface area contributed by atoms with Crippen molar-refractivity contribution in [2.45, 2.75) is 33.7 Å². The van der Waals surface area contributed by atoms with Gasteiger partial charge in [0.05, 0.1) is 12.6 Å². The van der Waals surface area contributed by atoms with Crippen molar-refractivity contribution in [3.8, 4) is 0 Å². The number of nitrogens with zero attached hydrogens (tertiary/aromatic N) is 1. The Kier molecular flexibility index (Phi) is 7.73. The normalized spacial score (nSPS) is 11.8. The molecular weight excluding hydrogens is 372 g/mol. The van der Waals surface area contributed by atoms with E-state index in [0.29, 0.717) is 17.7 Å². The smallest absolute Gasteiger partial charge is 0.325 e. The van der Waals surface area contributed by atoms with Crippen LogP contribution in [0.4, 0.5) is 0 Å². The monoisotopic (exact) mass is 400 g/mol. The molecule has 2 rings (SSSR count). The van der Waals surface area contributed by atoms with Crippen molar-refractivity contribution in [3.63, 3.8) is 0 Å². The largest absolute Gasteiger partial charge is 0.456 e. The minimum Gasteiger partial charge on any atom is -0.456 e. The van der Waals surface area contributed by atoms with E-state index in [1.165, 1.54) is 0 Å². The summed E-state index contributed by atoms with van der Waals surface area (Å²) in [7, 11) is 1.63. The quantitative estimate of drug-likeness (QED) is 0.517. The van der Waals surface area contributed by atoms with Crippen LogP contribution in [0.3, 0.4) is 0 Å². The topological polar surface area (TPSA) is 86.6 Å². The molecule has 0 saturated carbocycles. The first-order chi connectivity index (χ1) is 13.7. The predicted octanol–water partition coefficient (Wildman–Crippen LogP) is 2.78. The summed E-state index contributed by atoms with van der Waals surface area (Å²) in [5, 5.41) is 2.50. The summed E-state index contributed by atoms with van der Waals surface area (Å²) in [5.41, 5.74) is 3.67. The number of benzene rings is 1. The number of hydrogen-bond acceptors (Lipinski definition) is 5. The SMILES string of the molecule is COC[C@H](C)n1c(C)cc(C(=O)COC(=O)CNC(=O)c2cccc(C)c2)c1C. The van der Waals surface area contributed by atoms with E-state index in [1.807, 2.05) is 38.3 Å². The Morgan fingerprint density at radius 1 is 1.14 bits per heavy atom. The molecule has 0 spiro atoms. The third kappa shape index (κ3) is 5.77. The number of ether oxygens (including phenoxy) is 2. The molecule has 1 atom stereocenters. The molecule has 0 aliphatic carbocycles. The van der Waals surface area contributed by atoms with Crippen molar-refractivity contribution >= 4 is 17.7 Å². The van der Waals surface area contributed by atoms with Gasteiger partial charge in [0.25, 0.3) is 5.91 Å². The number of carbonyl (C=O) groups is 3. The van der Waals surface area contributed by atoms with Crippen molar-refractivity contribution in [2.75, 3.05) is 26.9 Å². The van der Waals surface area contributed by atoms with E-state index in [1.54, 1.807) is 31.4 Å². The van der Waals surface area contributed by atoms with Crippen molar-refractivity contribution in [3.05, 3.63) is 58.4 Å². The van der Waals surface area contributed by atoms with E-state index in [9.17, 15) is 14.4 Å². The van der Waals surface area contributed by atoms with Gasteiger partial charge in [0.1, 0.15) is 6.54 Å². The van der Waals surface area contributed by atoms with Gasteiger partial charge < -0.3 is 19.4 Å². The van der Waals surface area contributed by atoms with Gasteiger partial charge in [0, 0.05) is 29.6 Å². The zero-order valence-corrected chi connectivity index (χ0v) is 17.6. The minimum absolute atomic E-state index is 0.0842. The fraction of sp³-hybridized carbons (Fsp3) is 0.409. The van der Waals surface area contributed by atoms with Crippen molar-refractivity contribution in [2.24, 2.45) is 0 Å². The second-order valence-electron chi connectivity index (χ2n) is 7.10. The number of hydrogen-bond donors (Lipinski definition) is 1. The van der Waals surface area contributed by atoms with Crippen molar-refractivity contribution in [1.29, 1.82) is 0 Å². The number of rotatable bonds is 9. The fourth-order valence-corrected chi connectivity index (χ4v) is 3.37. The van der Waals surface area contributed by atoms with Crippen LogP contribution in [0.5, 0.6) is 0 Å². The van der Waals surface area contributed by atoms with E-state index in [-0.39, 0.29) is 30.9 Å². The summed E-state index contributed by atoms with van der Waals surface area (Å²) in [6, 6.07) is 8.91. The molecule has 7 heteroatoms. The van der Waals surface area contributed by atoms with Crippen LogP contribution < -0.4 is 5.32 Å². The van der Waals surface area contributed by atoms with E-state index in [0.717, 1.165) is 17.0 Å². The molecule has 1 aromatic heterocycles. The standard InChI is InChI=1S/C22H28N2O5/c1-14-7-6-8-18(9-14)22(27)23-11-21(26)29-13-20(25)19-10-15(2)24(17(19)4)16(3)12-28-5/h6-10,16H,11-13H2,1-5H3,(H,23,27)/t16-/m0/s1. The van der Waals surface area contributed by atoms with Crippen LogP contribution in [0.2, 0.25) is 0 Å². The number of nitrogens with one attached hydrogen (secondary N) is 1. The molecule has 2 aromatic rings. The van der Waals surface area contributed by atoms with Crippen LogP contribution in [0.15, 0.2) is 30.3 Å². The number of aromatic nitrogens is 1. The zero-order chi connectivity index (χ0) is 21.6. The van der Waals surface area contributed by atoms with Crippen LogP contribution in [-0.4, -0.2) is 49.1 Å². The molecule has 0 unspecified atom stereocenters. The lowest BCUT2D eigenvalue weighted by atomic mass is 10.1. The van der Waals surface area contributed by atoms with Crippen molar-refractivity contribution in [1.82, 2.24) is 9.88 Å². The highest BCUT2D eigenvalue weighted by molar-refractivity contribution is 6.00. The van der Waals surface area contributed by atoms with Gasteiger partial charge in [0.15, 0.2) is 6.61 Å². The number of ketones is 1. The Bertz CT molecular complexity index is 901. The number of esters is 1. The third-order valence-electron chi connectivity index (χ3n) is 4.67. The highest BCUT2D eigenvalue weighted by Crippen LogP contribution is 2.21. The maximum atomic E-state index is 12.5. The van der Waals surface area contributed by atoms with Crippen molar-refractivity contribution < 1.29 is 23.9 Å². The Labute approximate surface area is 171 Å². The molecule has 1 heterocycles. The van der Waals surface area contributed by atoms with Gasteiger partial charge in [-0.15, -0.1) is 0 Å². The Morgan fingerprint density at radius 3 is 2.52 bits per heavy atom. The van der Waals surface area contributed by atoms with Gasteiger partial charge in [0.2, 0.25) is 5.78 Å². The van der Waals surface area contributed by atoms with Crippen LogP contribution in [0, 0.1) is 20.8 Å².